The van der Waals surface area contributed by atoms with Crippen LogP contribution in [0, 0.1) is 5.41 Å². The third kappa shape index (κ3) is 5.97. The summed E-state index contributed by atoms with van der Waals surface area (Å²) < 4.78 is 32.5. The number of ether oxygens (including phenoxy) is 1. The van der Waals surface area contributed by atoms with Crippen molar-refractivity contribution in [3.63, 3.8) is 0 Å². The Bertz CT molecular complexity index is 1150. The molecule has 192 valence electrons. The van der Waals surface area contributed by atoms with E-state index < -0.39 is 20.6 Å². The van der Waals surface area contributed by atoms with E-state index in [1.54, 1.807) is 27.0 Å². The summed E-state index contributed by atoms with van der Waals surface area (Å²) in [6.45, 7) is 8.11. The van der Waals surface area contributed by atoms with Crippen LogP contribution in [0.4, 0.5) is 11.4 Å². The standard InChI is InChI=1S/C27H37NO5S2/c1-6-8-14-27(7-2)18-28(21-12-10-9-11-13-21)22-16-23(33-5)20(15-24(22)35(31,32)19-27)17-34-26(3,4)25(29)30/h9-13,15-16H,6-8,14,17-19H2,1-5H3,(H,29,30)/t27-/m0/s1. The lowest BCUT2D eigenvalue weighted by Gasteiger charge is -2.36. The number of carbonyl (C=O) groups is 1. The summed E-state index contributed by atoms with van der Waals surface area (Å²) in [6.07, 6.45) is 3.58. The zero-order valence-corrected chi connectivity index (χ0v) is 23.0. The molecule has 0 saturated carbocycles. The molecular weight excluding hydrogens is 482 g/mol. The van der Waals surface area contributed by atoms with Gasteiger partial charge in [-0.2, -0.15) is 0 Å². The first-order valence-electron chi connectivity index (χ1n) is 12.1. The summed E-state index contributed by atoms with van der Waals surface area (Å²) in [6, 6.07) is 13.4. The van der Waals surface area contributed by atoms with Gasteiger partial charge in [0.05, 0.1) is 23.4 Å². The average molecular weight is 520 g/mol. The summed E-state index contributed by atoms with van der Waals surface area (Å²) in [5.74, 6) is 0.0615. The number of nitrogens with zero attached hydrogens (tertiary/aromatic N) is 1. The fourth-order valence-corrected chi connectivity index (χ4v) is 7.63. The lowest BCUT2D eigenvalue weighted by atomic mass is 9.81. The number of hydrogen-bond donors (Lipinski definition) is 1. The van der Waals surface area contributed by atoms with Crippen LogP contribution in [-0.4, -0.2) is 43.6 Å². The van der Waals surface area contributed by atoms with Crippen LogP contribution in [0.5, 0.6) is 5.75 Å². The maximum atomic E-state index is 13.9. The molecule has 8 heteroatoms. The summed E-state index contributed by atoms with van der Waals surface area (Å²) in [7, 11) is -2.05. The zero-order chi connectivity index (χ0) is 25.9. The quantitative estimate of drug-likeness (QED) is 0.394. The first-order valence-corrected chi connectivity index (χ1v) is 14.8. The summed E-state index contributed by atoms with van der Waals surface area (Å²) in [4.78, 5) is 14.0. The number of rotatable bonds is 10. The molecule has 1 heterocycles. The van der Waals surface area contributed by atoms with Crippen LogP contribution < -0.4 is 9.64 Å². The molecule has 3 rings (SSSR count). The highest BCUT2D eigenvalue weighted by Crippen LogP contribution is 2.46. The lowest BCUT2D eigenvalue weighted by molar-refractivity contribution is -0.138. The van der Waals surface area contributed by atoms with Gasteiger partial charge in [0, 0.05) is 35.0 Å². The Morgan fingerprint density at radius 3 is 2.46 bits per heavy atom. The molecular formula is C27H37NO5S2. The molecule has 1 N–H and O–H groups in total. The van der Waals surface area contributed by atoms with Crippen LogP contribution in [0.1, 0.15) is 58.9 Å². The van der Waals surface area contributed by atoms with Crippen molar-refractivity contribution >= 4 is 38.9 Å². The molecule has 1 aliphatic rings. The van der Waals surface area contributed by atoms with E-state index in [1.165, 1.54) is 11.8 Å². The number of anilines is 2. The number of methoxy groups -OCH3 is 1. The van der Waals surface area contributed by atoms with Gasteiger partial charge in [-0.05, 0) is 44.9 Å². The summed E-state index contributed by atoms with van der Waals surface area (Å²) in [5, 5.41) is 9.52. The number of para-hydroxylation sites is 1. The van der Waals surface area contributed by atoms with E-state index in [1.807, 2.05) is 36.4 Å². The Morgan fingerprint density at radius 2 is 1.89 bits per heavy atom. The molecule has 0 amide bonds. The van der Waals surface area contributed by atoms with Crippen LogP contribution >= 0.6 is 11.8 Å². The molecule has 0 spiro atoms. The second-order valence-electron chi connectivity index (χ2n) is 9.87. The first-order chi connectivity index (χ1) is 16.5. The van der Waals surface area contributed by atoms with E-state index in [0.717, 1.165) is 31.4 Å². The molecule has 1 atom stereocenters. The molecule has 0 fully saturated rings. The van der Waals surface area contributed by atoms with Crippen LogP contribution in [0.2, 0.25) is 0 Å². The molecule has 2 aromatic carbocycles. The second-order valence-corrected chi connectivity index (χ2v) is 13.4. The van der Waals surface area contributed by atoms with Crippen LogP contribution in [0.15, 0.2) is 47.4 Å². The maximum Gasteiger partial charge on any atom is 0.319 e. The Morgan fingerprint density at radius 1 is 1.20 bits per heavy atom. The molecule has 35 heavy (non-hydrogen) atoms. The molecule has 0 aromatic heterocycles. The predicted molar refractivity (Wildman–Crippen MR) is 144 cm³/mol. The smallest absolute Gasteiger partial charge is 0.319 e. The molecule has 0 bridgehead atoms. The van der Waals surface area contributed by atoms with Gasteiger partial charge < -0.3 is 14.7 Å². The van der Waals surface area contributed by atoms with E-state index >= 15 is 0 Å². The number of unbranched alkanes of at least 4 members (excludes halogenated alkanes) is 1. The van der Waals surface area contributed by atoms with Crippen molar-refractivity contribution in [1.82, 2.24) is 0 Å². The average Bonchev–Trinajstić information content (AvgIpc) is 2.93. The van der Waals surface area contributed by atoms with Gasteiger partial charge in [-0.15, -0.1) is 11.8 Å². The summed E-state index contributed by atoms with van der Waals surface area (Å²) >= 11 is 1.25. The van der Waals surface area contributed by atoms with Crippen molar-refractivity contribution in [2.45, 2.75) is 68.8 Å². The lowest BCUT2D eigenvalue weighted by Crippen LogP contribution is -2.37. The van der Waals surface area contributed by atoms with E-state index in [2.05, 4.69) is 18.7 Å². The SMILES string of the molecule is CCCC[C@@]1(CC)CN(c2ccccc2)c2cc(OC)c(CSC(C)(C)C(=O)O)cc2S(=O)(=O)C1. The molecule has 0 aliphatic carbocycles. The third-order valence-electron chi connectivity index (χ3n) is 6.96. The molecule has 1 aliphatic heterocycles. The van der Waals surface area contributed by atoms with Gasteiger partial charge in [0.25, 0.3) is 0 Å². The zero-order valence-electron chi connectivity index (χ0n) is 21.3. The highest BCUT2D eigenvalue weighted by molar-refractivity contribution is 8.00. The van der Waals surface area contributed by atoms with Gasteiger partial charge in [0.15, 0.2) is 9.84 Å². The topological polar surface area (TPSA) is 83.9 Å². The van der Waals surface area contributed by atoms with Crippen molar-refractivity contribution in [2.75, 3.05) is 24.3 Å². The third-order valence-corrected chi connectivity index (χ3v) is 10.3. The summed E-state index contributed by atoms with van der Waals surface area (Å²) in [5.41, 5.74) is 1.86. The minimum atomic E-state index is -3.61. The number of fused-ring (bicyclic) bond motifs is 1. The minimum absolute atomic E-state index is 0.0896. The second kappa shape index (κ2) is 10.8. The Kier molecular flexibility index (Phi) is 8.48. The number of benzene rings is 2. The predicted octanol–water partition coefficient (Wildman–Crippen LogP) is 6.30. The van der Waals surface area contributed by atoms with Gasteiger partial charge in [0.2, 0.25) is 0 Å². The molecule has 6 nitrogen and oxygen atoms in total. The van der Waals surface area contributed by atoms with Crippen LogP contribution in [-0.2, 0) is 20.4 Å². The Balaban J connectivity index is 2.19. The van der Waals surface area contributed by atoms with Gasteiger partial charge >= 0.3 is 5.97 Å². The van der Waals surface area contributed by atoms with E-state index in [9.17, 15) is 18.3 Å². The minimum Gasteiger partial charge on any atom is -0.496 e. The highest BCUT2D eigenvalue weighted by atomic mass is 32.2. The highest BCUT2D eigenvalue weighted by Gasteiger charge is 2.42. The van der Waals surface area contributed by atoms with Crippen molar-refractivity contribution < 1.29 is 23.1 Å². The maximum absolute atomic E-state index is 13.9. The van der Waals surface area contributed by atoms with Crippen LogP contribution in [0.3, 0.4) is 0 Å². The van der Waals surface area contributed by atoms with E-state index in [4.69, 9.17) is 4.74 Å². The normalized spacial score (nSPS) is 19.6. The van der Waals surface area contributed by atoms with Crippen LogP contribution in [0.25, 0.3) is 0 Å². The molecule has 0 saturated heterocycles. The van der Waals surface area contributed by atoms with Gasteiger partial charge in [-0.1, -0.05) is 44.9 Å². The number of thioether (sulfide) groups is 1. The number of hydrogen-bond acceptors (Lipinski definition) is 6. The van der Waals surface area contributed by atoms with E-state index in [0.29, 0.717) is 29.3 Å². The van der Waals surface area contributed by atoms with Crippen molar-refractivity contribution in [2.24, 2.45) is 5.41 Å². The molecule has 2 aromatic rings. The number of carboxylic acids is 1. The van der Waals surface area contributed by atoms with Crippen molar-refractivity contribution in [3.05, 3.63) is 48.0 Å². The largest absolute Gasteiger partial charge is 0.496 e. The first kappa shape index (κ1) is 27.4. The Labute approximate surface area is 214 Å². The number of sulfone groups is 1. The van der Waals surface area contributed by atoms with Gasteiger partial charge in [-0.3, -0.25) is 4.79 Å². The number of aliphatic carboxylic acids is 1. The fraction of sp³-hybridized carbons (Fsp3) is 0.519. The van der Waals surface area contributed by atoms with Gasteiger partial charge in [-0.25, -0.2) is 8.42 Å². The molecule has 0 radical (unpaired) electrons. The monoisotopic (exact) mass is 519 g/mol. The Hall–Kier alpha value is -2.19. The molecule has 0 unspecified atom stereocenters. The van der Waals surface area contributed by atoms with Crippen molar-refractivity contribution in [3.8, 4) is 5.75 Å². The van der Waals surface area contributed by atoms with Gasteiger partial charge in [0.1, 0.15) is 10.5 Å². The van der Waals surface area contributed by atoms with Crippen molar-refractivity contribution in [1.29, 1.82) is 0 Å². The van der Waals surface area contributed by atoms with E-state index in [-0.39, 0.29) is 16.1 Å². The number of carboxylic acid groups (broad SMARTS) is 1. The fourth-order valence-electron chi connectivity index (χ4n) is 4.55.